The Morgan fingerprint density at radius 1 is 0.964 bits per heavy atom. The maximum absolute atomic E-state index is 6.02. The van der Waals surface area contributed by atoms with Gasteiger partial charge in [0.2, 0.25) is 0 Å². The zero-order chi connectivity index (χ0) is 19.8. The first kappa shape index (κ1) is 20.6. The third-order valence-electron chi connectivity index (χ3n) is 5.40. The van der Waals surface area contributed by atoms with Crippen molar-refractivity contribution in [3.05, 3.63) is 59.7 Å². The lowest BCUT2D eigenvalue weighted by Crippen LogP contribution is -2.50. The van der Waals surface area contributed by atoms with E-state index in [4.69, 9.17) is 9.47 Å². The summed E-state index contributed by atoms with van der Waals surface area (Å²) in [5.74, 6) is 1.56. The molecule has 0 aromatic heterocycles. The van der Waals surface area contributed by atoms with Crippen LogP contribution in [0.1, 0.15) is 18.1 Å². The molecule has 5 nitrogen and oxygen atoms in total. The van der Waals surface area contributed by atoms with Crippen molar-refractivity contribution in [1.82, 2.24) is 15.1 Å². The molecule has 1 heterocycles. The van der Waals surface area contributed by atoms with E-state index in [0.29, 0.717) is 12.6 Å². The van der Waals surface area contributed by atoms with Gasteiger partial charge in [0.15, 0.2) is 11.5 Å². The second kappa shape index (κ2) is 10.5. The van der Waals surface area contributed by atoms with Gasteiger partial charge in [-0.05, 0) is 37.2 Å². The van der Waals surface area contributed by atoms with Gasteiger partial charge in [0.1, 0.15) is 6.61 Å². The molecule has 0 spiro atoms. The standard InChI is InChI=1S/C23H33N3O2/c1-19(26-13-11-25(2)12-14-26)16-24-17-21-9-10-22(27-3)23(15-21)28-18-20-7-5-4-6-8-20/h4-10,15,19,24H,11-14,16-18H2,1-3H3. The van der Waals surface area contributed by atoms with Crippen molar-refractivity contribution in [2.75, 3.05) is 46.9 Å². The zero-order valence-corrected chi connectivity index (χ0v) is 17.4. The van der Waals surface area contributed by atoms with Crippen LogP contribution in [0.4, 0.5) is 0 Å². The van der Waals surface area contributed by atoms with Crippen LogP contribution < -0.4 is 14.8 Å². The number of ether oxygens (including phenoxy) is 2. The summed E-state index contributed by atoms with van der Waals surface area (Å²) >= 11 is 0. The molecule has 152 valence electrons. The SMILES string of the molecule is COc1ccc(CNCC(C)N2CCN(C)CC2)cc1OCc1ccccc1. The number of benzene rings is 2. The van der Waals surface area contributed by atoms with Gasteiger partial charge < -0.3 is 19.7 Å². The lowest BCUT2D eigenvalue weighted by molar-refractivity contribution is 0.118. The second-order valence-corrected chi connectivity index (χ2v) is 7.58. The Morgan fingerprint density at radius 3 is 2.43 bits per heavy atom. The largest absolute Gasteiger partial charge is 0.493 e. The predicted octanol–water partition coefficient (Wildman–Crippen LogP) is 3.00. The van der Waals surface area contributed by atoms with E-state index in [-0.39, 0.29) is 0 Å². The molecule has 2 aromatic rings. The predicted molar refractivity (Wildman–Crippen MR) is 114 cm³/mol. The van der Waals surface area contributed by atoms with Crippen molar-refractivity contribution in [1.29, 1.82) is 0 Å². The van der Waals surface area contributed by atoms with E-state index in [1.807, 2.05) is 24.3 Å². The molecule has 1 aliphatic heterocycles. The highest BCUT2D eigenvalue weighted by Gasteiger charge is 2.18. The summed E-state index contributed by atoms with van der Waals surface area (Å²) in [6, 6.07) is 16.9. The topological polar surface area (TPSA) is 37.0 Å². The molecule has 3 rings (SSSR count). The molecule has 1 fully saturated rings. The normalized spacial score (nSPS) is 16.7. The lowest BCUT2D eigenvalue weighted by atomic mass is 10.2. The molecule has 0 radical (unpaired) electrons. The summed E-state index contributed by atoms with van der Waals surface area (Å²) in [6.07, 6.45) is 0. The van der Waals surface area contributed by atoms with Crippen molar-refractivity contribution in [2.24, 2.45) is 0 Å². The van der Waals surface area contributed by atoms with Gasteiger partial charge in [0, 0.05) is 45.3 Å². The molecule has 0 amide bonds. The van der Waals surface area contributed by atoms with E-state index >= 15 is 0 Å². The van der Waals surface area contributed by atoms with Gasteiger partial charge in [0.05, 0.1) is 7.11 Å². The first-order valence-corrected chi connectivity index (χ1v) is 10.1. The Kier molecular flexibility index (Phi) is 7.71. The highest BCUT2D eigenvalue weighted by Crippen LogP contribution is 2.28. The van der Waals surface area contributed by atoms with E-state index < -0.39 is 0 Å². The van der Waals surface area contributed by atoms with Crippen LogP contribution in [-0.2, 0) is 13.2 Å². The number of nitrogens with one attached hydrogen (secondary N) is 1. The van der Waals surface area contributed by atoms with Crippen LogP contribution in [-0.4, -0.2) is 62.7 Å². The van der Waals surface area contributed by atoms with Crippen molar-refractivity contribution >= 4 is 0 Å². The minimum absolute atomic E-state index is 0.536. The average molecular weight is 384 g/mol. The monoisotopic (exact) mass is 383 g/mol. The number of hydrogen-bond donors (Lipinski definition) is 1. The third kappa shape index (κ3) is 5.96. The van der Waals surface area contributed by atoms with Crippen LogP contribution in [0.15, 0.2) is 48.5 Å². The van der Waals surface area contributed by atoms with E-state index in [9.17, 15) is 0 Å². The minimum atomic E-state index is 0.536. The van der Waals surface area contributed by atoms with Gasteiger partial charge in [-0.3, -0.25) is 4.90 Å². The van der Waals surface area contributed by atoms with Crippen LogP contribution in [0, 0.1) is 0 Å². The average Bonchev–Trinajstić information content (AvgIpc) is 2.73. The summed E-state index contributed by atoms with van der Waals surface area (Å²) in [6.45, 7) is 9.27. The molecular formula is C23H33N3O2. The van der Waals surface area contributed by atoms with Crippen molar-refractivity contribution in [2.45, 2.75) is 26.1 Å². The van der Waals surface area contributed by atoms with Crippen molar-refractivity contribution in [3.63, 3.8) is 0 Å². The summed E-state index contributed by atoms with van der Waals surface area (Å²) in [7, 11) is 3.88. The molecule has 1 saturated heterocycles. The number of nitrogens with zero attached hydrogens (tertiary/aromatic N) is 2. The molecule has 1 atom stereocenters. The Balaban J connectivity index is 1.51. The molecule has 5 heteroatoms. The first-order valence-electron chi connectivity index (χ1n) is 10.1. The van der Waals surface area contributed by atoms with E-state index in [0.717, 1.165) is 56.3 Å². The molecule has 28 heavy (non-hydrogen) atoms. The summed E-state index contributed by atoms with van der Waals surface area (Å²) < 4.78 is 11.5. The Labute approximate surface area is 169 Å². The van der Waals surface area contributed by atoms with E-state index in [2.05, 4.69) is 53.4 Å². The fourth-order valence-corrected chi connectivity index (χ4v) is 3.50. The van der Waals surface area contributed by atoms with Crippen LogP contribution in [0.2, 0.25) is 0 Å². The summed E-state index contributed by atoms with van der Waals surface area (Å²) in [5, 5.41) is 3.60. The number of rotatable bonds is 9. The Bertz CT molecular complexity index is 715. The molecule has 1 aliphatic rings. The number of likely N-dealkylation sites (N-methyl/N-ethyl adjacent to an activating group) is 1. The first-order chi connectivity index (χ1) is 13.7. The maximum Gasteiger partial charge on any atom is 0.161 e. The van der Waals surface area contributed by atoms with Crippen LogP contribution in [0.3, 0.4) is 0 Å². The highest BCUT2D eigenvalue weighted by atomic mass is 16.5. The third-order valence-corrected chi connectivity index (χ3v) is 5.40. The van der Waals surface area contributed by atoms with Crippen LogP contribution >= 0.6 is 0 Å². The summed E-state index contributed by atoms with van der Waals surface area (Å²) in [4.78, 5) is 4.96. The molecule has 0 saturated carbocycles. The van der Waals surface area contributed by atoms with Gasteiger partial charge in [0.25, 0.3) is 0 Å². The van der Waals surface area contributed by atoms with E-state index in [1.165, 1.54) is 5.56 Å². The highest BCUT2D eigenvalue weighted by molar-refractivity contribution is 5.43. The smallest absolute Gasteiger partial charge is 0.161 e. The van der Waals surface area contributed by atoms with Gasteiger partial charge in [-0.15, -0.1) is 0 Å². The molecular weight excluding hydrogens is 350 g/mol. The number of hydrogen-bond acceptors (Lipinski definition) is 5. The zero-order valence-electron chi connectivity index (χ0n) is 17.4. The van der Waals surface area contributed by atoms with Crippen LogP contribution in [0.5, 0.6) is 11.5 Å². The lowest BCUT2D eigenvalue weighted by Gasteiger charge is -2.36. The molecule has 1 unspecified atom stereocenters. The fraction of sp³-hybridized carbons (Fsp3) is 0.478. The molecule has 1 N–H and O–H groups in total. The number of piperazine rings is 1. The van der Waals surface area contributed by atoms with Gasteiger partial charge >= 0.3 is 0 Å². The van der Waals surface area contributed by atoms with Gasteiger partial charge in [-0.25, -0.2) is 0 Å². The Hall–Kier alpha value is -2.08. The van der Waals surface area contributed by atoms with Gasteiger partial charge in [-0.1, -0.05) is 36.4 Å². The quantitative estimate of drug-likeness (QED) is 0.720. The fourth-order valence-electron chi connectivity index (χ4n) is 3.50. The van der Waals surface area contributed by atoms with Crippen LogP contribution in [0.25, 0.3) is 0 Å². The second-order valence-electron chi connectivity index (χ2n) is 7.58. The Morgan fingerprint density at radius 2 is 1.71 bits per heavy atom. The van der Waals surface area contributed by atoms with Crippen molar-refractivity contribution in [3.8, 4) is 11.5 Å². The summed E-state index contributed by atoms with van der Waals surface area (Å²) in [5.41, 5.74) is 2.35. The molecule has 2 aromatic carbocycles. The number of methoxy groups -OCH3 is 1. The molecule has 0 aliphatic carbocycles. The van der Waals surface area contributed by atoms with Gasteiger partial charge in [-0.2, -0.15) is 0 Å². The van der Waals surface area contributed by atoms with E-state index in [1.54, 1.807) is 7.11 Å². The molecule has 0 bridgehead atoms. The maximum atomic E-state index is 6.02. The van der Waals surface area contributed by atoms with Crippen molar-refractivity contribution < 1.29 is 9.47 Å². The minimum Gasteiger partial charge on any atom is -0.493 e.